The first-order valence-electron chi connectivity index (χ1n) is 5.25. The van der Waals surface area contributed by atoms with Gasteiger partial charge >= 0.3 is 0 Å². The van der Waals surface area contributed by atoms with E-state index in [1.54, 1.807) is 0 Å². The number of nitrogens with zero attached hydrogens (tertiary/aromatic N) is 1. The van der Waals surface area contributed by atoms with Crippen LogP contribution < -0.4 is 5.32 Å². The molecule has 1 fully saturated rings. The molecule has 1 aliphatic carbocycles. The largest absolute Gasteiger partial charge is 0.376 e. The molecule has 1 saturated carbocycles. The summed E-state index contributed by atoms with van der Waals surface area (Å²) in [5, 5.41) is 10.8. The Kier molecular flexibility index (Phi) is 4.10. The van der Waals surface area contributed by atoms with Crippen LogP contribution in [0.3, 0.4) is 0 Å². The van der Waals surface area contributed by atoms with E-state index in [0.717, 1.165) is 18.3 Å². The topological polar surface area (TPSA) is 49.9 Å². The second-order valence-corrected chi connectivity index (χ2v) is 5.29. The molecule has 0 aliphatic heterocycles. The molecule has 0 saturated heterocycles. The summed E-state index contributed by atoms with van der Waals surface area (Å²) in [6.45, 7) is 1.55. The number of anilines is 1. The van der Waals surface area contributed by atoms with Gasteiger partial charge in [-0.3, -0.25) is 5.10 Å². The van der Waals surface area contributed by atoms with Crippen LogP contribution >= 0.6 is 23.6 Å². The van der Waals surface area contributed by atoms with Crippen LogP contribution in [0.2, 0.25) is 0 Å². The van der Waals surface area contributed by atoms with Crippen LogP contribution in [-0.2, 0) is 4.74 Å². The summed E-state index contributed by atoms with van der Waals surface area (Å²) in [5.41, 5.74) is 0. The Morgan fingerprint density at radius 2 is 2.33 bits per heavy atom. The molecule has 0 amide bonds. The molecule has 2 N–H and O–H groups in total. The first-order valence-corrected chi connectivity index (χ1v) is 6.48. The van der Waals surface area contributed by atoms with Crippen molar-refractivity contribution in [2.45, 2.75) is 31.8 Å². The summed E-state index contributed by atoms with van der Waals surface area (Å²) in [5.74, 6) is 0. The minimum Gasteiger partial charge on any atom is -0.376 e. The van der Waals surface area contributed by atoms with Crippen molar-refractivity contribution in [3.8, 4) is 0 Å². The molecule has 1 aromatic rings. The van der Waals surface area contributed by atoms with Crippen molar-refractivity contribution in [2.24, 2.45) is 0 Å². The average molecular weight is 245 g/mol. The van der Waals surface area contributed by atoms with Gasteiger partial charge in [0.1, 0.15) is 0 Å². The minimum atomic E-state index is 0.490. The first kappa shape index (κ1) is 11.0. The van der Waals surface area contributed by atoms with E-state index in [1.807, 2.05) is 0 Å². The van der Waals surface area contributed by atoms with Crippen molar-refractivity contribution >= 4 is 28.7 Å². The van der Waals surface area contributed by atoms with E-state index >= 15 is 0 Å². The zero-order valence-electron chi connectivity index (χ0n) is 8.49. The zero-order chi connectivity index (χ0) is 10.5. The number of aromatic nitrogens is 2. The van der Waals surface area contributed by atoms with E-state index in [9.17, 15) is 0 Å². The molecule has 0 atom stereocenters. The molecule has 1 aromatic heterocycles. The Hall–Kier alpha value is -0.460. The maximum atomic E-state index is 5.71. The van der Waals surface area contributed by atoms with Crippen molar-refractivity contribution in [1.29, 1.82) is 0 Å². The Morgan fingerprint density at radius 1 is 1.53 bits per heavy atom. The lowest BCUT2D eigenvalue weighted by molar-refractivity contribution is 0.0659. The van der Waals surface area contributed by atoms with E-state index in [4.69, 9.17) is 17.0 Å². The van der Waals surface area contributed by atoms with Gasteiger partial charge in [-0.1, -0.05) is 24.2 Å². The lowest BCUT2D eigenvalue weighted by Crippen LogP contribution is -2.15. The fourth-order valence-electron chi connectivity index (χ4n) is 1.74. The summed E-state index contributed by atoms with van der Waals surface area (Å²) in [7, 11) is 0. The highest BCUT2D eigenvalue weighted by Gasteiger charge is 2.14. The molecule has 15 heavy (non-hydrogen) atoms. The summed E-state index contributed by atoms with van der Waals surface area (Å²) in [4.78, 5) is 0. The van der Waals surface area contributed by atoms with Gasteiger partial charge in [0, 0.05) is 6.54 Å². The number of rotatable bonds is 5. The number of hydrogen-bond donors (Lipinski definition) is 2. The second kappa shape index (κ2) is 5.58. The molecule has 4 nitrogen and oxygen atoms in total. The van der Waals surface area contributed by atoms with E-state index < -0.39 is 0 Å². The SMILES string of the molecule is S=c1[nH]nc(NCCOC2CCCC2)s1. The van der Waals surface area contributed by atoms with Crippen LogP contribution in [0.15, 0.2) is 0 Å². The van der Waals surface area contributed by atoms with Crippen LogP contribution in [0.25, 0.3) is 0 Å². The quantitative estimate of drug-likeness (QED) is 0.618. The molecule has 0 radical (unpaired) electrons. The molecular formula is C9H15N3OS2. The average Bonchev–Trinajstić information content (AvgIpc) is 2.84. The van der Waals surface area contributed by atoms with Crippen molar-refractivity contribution in [3.05, 3.63) is 3.95 Å². The fourth-order valence-corrected chi connectivity index (χ4v) is 2.56. The molecule has 2 rings (SSSR count). The normalized spacial score (nSPS) is 17.1. The monoisotopic (exact) mass is 245 g/mol. The highest BCUT2D eigenvalue weighted by atomic mass is 32.1. The van der Waals surface area contributed by atoms with E-state index in [0.29, 0.717) is 10.1 Å². The molecule has 0 bridgehead atoms. The number of aromatic amines is 1. The Bertz CT molecular complexity index is 343. The molecule has 1 heterocycles. The molecule has 0 spiro atoms. The van der Waals surface area contributed by atoms with Gasteiger partial charge in [-0.2, -0.15) is 0 Å². The van der Waals surface area contributed by atoms with Gasteiger partial charge in [-0.15, -0.1) is 5.10 Å². The third-order valence-electron chi connectivity index (χ3n) is 2.47. The van der Waals surface area contributed by atoms with Gasteiger partial charge in [-0.05, 0) is 25.1 Å². The van der Waals surface area contributed by atoms with E-state index in [2.05, 4.69) is 15.5 Å². The summed E-state index contributed by atoms with van der Waals surface area (Å²) in [6.07, 6.45) is 5.57. The number of ether oxygens (including phenoxy) is 1. The van der Waals surface area contributed by atoms with Crippen LogP contribution in [0, 0.1) is 3.95 Å². The van der Waals surface area contributed by atoms with E-state index in [-0.39, 0.29) is 0 Å². The predicted molar refractivity (Wildman–Crippen MR) is 64.0 cm³/mol. The summed E-state index contributed by atoms with van der Waals surface area (Å²) in [6, 6.07) is 0. The lowest BCUT2D eigenvalue weighted by atomic mass is 10.3. The van der Waals surface area contributed by atoms with Crippen molar-refractivity contribution in [1.82, 2.24) is 10.2 Å². The van der Waals surface area contributed by atoms with Gasteiger partial charge in [0.15, 0.2) is 3.95 Å². The highest BCUT2D eigenvalue weighted by Crippen LogP contribution is 2.20. The van der Waals surface area contributed by atoms with Crippen molar-refractivity contribution in [3.63, 3.8) is 0 Å². The molecule has 0 unspecified atom stereocenters. The maximum Gasteiger partial charge on any atom is 0.204 e. The van der Waals surface area contributed by atoms with Gasteiger partial charge in [0.2, 0.25) is 5.13 Å². The number of H-pyrrole nitrogens is 1. The van der Waals surface area contributed by atoms with Crippen LogP contribution in [0.1, 0.15) is 25.7 Å². The predicted octanol–water partition coefficient (Wildman–Crippen LogP) is 2.57. The second-order valence-electron chi connectivity index (χ2n) is 3.62. The van der Waals surface area contributed by atoms with E-state index in [1.165, 1.54) is 37.0 Å². The molecular weight excluding hydrogens is 230 g/mol. The third kappa shape index (κ3) is 3.55. The Morgan fingerprint density at radius 3 is 3.00 bits per heavy atom. The number of hydrogen-bond acceptors (Lipinski definition) is 5. The van der Waals surface area contributed by atoms with Crippen LogP contribution in [0.4, 0.5) is 5.13 Å². The minimum absolute atomic E-state index is 0.490. The summed E-state index contributed by atoms with van der Waals surface area (Å²) < 4.78 is 6.41. The Labute approximate surface area is 98.1 Å². The zero-order valence-corrected chi connectivity index (χ0v) is 10.1. The van der Waals surface area contributed by atoms with Crippen LogP contribution in [0.5, 0.6) is 0 Å². The Balaban J connectivity index is 1.60. The van der Waals surface area contributed by atoms with Gasteiger partial charge in [0.25, 0.3) is 0 Å². The van der Waals surface area contributed by atoms with Gasteiger partial charge in [0.05, 0.1) is 12.7 Å². The first-order chi connectivity index (χ1) is 7.34. The highest BCUT2D eigenvalue weighted by molar-refractivity contribution is 7.73. The maximum absolute atomic E-state index is 5.71. The summed E-state index contributed by atoms with van der Waals surface area (Å²) >= 11 is 6.38. The smallest absolute Gasteiger partial charge is 0.204 e. The standard InChI is InChI=1S/C9H15N3OS2/c14-9-12-11-8(15-9)10-5-6-13-7-3-1-2-4-7/h7H,1-6H2,(H,10,11)(H,12,14). The molecule has 0 aromatic carbocycles. The fraction of sp³-hybridized carbons (Fsp3) is 0.778. The third-order valence-corrected chi connectivity index (χ3v) is 3.52. The molecule has 1 aliphatic rings. The molecule has 6 heteroatoms. The van der Waals surface area contributed by atoms with Crippen molar-refractivity contribution < 1.29 is 4.74 Å². The van der Waals surface area contributed by atoms with Crippen molar-refractivity contribution in [2.75, 3.05) is 18.5 Å². The number of nitrogens with one attached hydrogen (secondary N) is 2. The van der Waals surface area contributed by atoms with Gasteiger partial charge in [-0.25, -0.2) is 0 Å². The molecule has 84 valence electrons. The van der Waals surface area contributed by atoms with Gasteiger partial charge < -0.3 is 10.1 Å². The van der Waals surface area contributed by atoms with Crippen LogP contribution in [-0.4, -0.2) is 29.5 Å². The lowest BCUT2D eigenvalue weighted by Gasteiger charge is -2.10.